The summed E-state index contributed by atoms with van der Waals surface area (Å²) in [5, 5.41) is 33.0. The van der Waals surface area contributed by atoms with Gasteiger partial charge >= 0.3 is 0 Å². The Labute approximate surface area is 212 Å². The molecule has 2 aliphatic heterocycles. The summed E-state index contributed by atoms with van der Waals surface area (Å²) in [6.45, 7) is 11.6. The van der Waals surface area contributed by atoms with Crippen LogP contribution in [-0.4, -0.2) is 26.7 Å². The van der Waals surface area contributed by atoms with Gasteiger partial charge in [0, 0.05) is 28.3 Å². The van der Waals surface area contributed by atoms with Gasteiger partial charge in [-0.2, -0.15) is 0 Å². The molecule has 36 heavy (non-hydrogen) atoms. The lowest BCUT2D eigenvalue weighted by atomic mass is 9.88. The fourth-order valence-corrected chi connectivity index (χ4v) is 4.51. The van der Waals surface area contributed by atoms with Gasteiger partial charge in [-0.05, 0) is 66.5 Å². The summed E-state index contributed by atoms with van der Waals surface area (Å²) in [5.74, 6) is 0.0336. The van der Waals surface area contributed by atoms with Gasteiger partial charge < -0.3 is 24.8 Å². The zero-order valence-electron chi connectivity index (χ0n) is 21.7. The summed E-state index contributed by atoms with van der Waals surface area (Å²) in [4.78, 5) is 13.4. The quantitative estimate of drug-likeness (QED) is 0.403. The third-order valence-corrected chi connectivity index (χ3v) is 6.48. The van der Waals surface area contributed by atoms with Gasteiger partial charge in [0.05, 0.1) is 6.42 Å². The van der Waals surface area contributed by atoms with Crippen LogP contribution >= 0.6 is 0 Å². The van der Waals surface area contributed by atoms with Crippen molar-refractivity contribution in [2.45, 2.75) is 72.5 Å². The maximum atomic E-state index is 13.4. The average Bonchev–Trinajstić information content (AvgIpc) is 2.76. The smallest absolute Gasteiger partial charge is 0.174 e. The summed E-state index contributed by atoms with van der Waals surface area (Å²) >= 11 is 0. The molecule has 0 amide bonds. The van der Waals surface area contributed by atoms with E-state index in [1.165, 1.54) is 0 Å². The first-order valence-electron chi connectivity index (χ1n) is 12.2. The number of Topliss-reactive ketones (excluding diaryl/α,β-unsaturated/α-hetero) is 1. The number of phenols is 3. The summed E-state index contributed by atoms with van der Waals surface area (Å²) in [6.07, 6.45) is 7.47. The van der Waals surface area contributed by atoms with E-state index in [-0.39, 0.29) is 40.8 Å². The molecule has 6 heteroatoms. The van der Waals surface area contributed by atoms with Gasteiger partial charge in [-0.1, -0.05) is 29.4 Å². The Morgan fingerprint density at radius 2 is 1.64 bits per heavy atom. The minimum absolute atomic E-state index is 0.0411. The minimum atomic E-state index is -0.786. The van der Waals surface area contributed by atoms with Crippen molar-refractivity contribution in [1.29, 1.82) is 0 Å². The van der Waals surface area contributed by atoms with E-state index in [9.17, 15) is 20.1 Å². The molecule has 0 saturated heterocycles. The number of aromatic hydroxyl groups is 3. The van der Waals surface area contributed by atoms with Crippen molar-refractivity contribution >= 4 is 11.9 Å². The van der Waals surface area contributed by atoms with E-state index < -0.39 is 11.7 Å². The minimum Gasteiger partial charge on any atom is -0.507 e. The highest BCUT2D eigenvalue weighted by Gasteiger charge is 2.37. The molecule has 190 valence electrons. The Balaban J connectivity index is 1.82. The number of benzene rings is 2. The molecule has 2 heterocycles. The number of carbonyl (C=O) groups excluding carboxylic acids is 1. The van der Waals surface area contributed by atoms with Crippen molar-refractivity contribution in [2.24, 2.45) is 0 Å². The third kappa shape index (κ3) is 4.85. The molecule has 0 fully saturated rings. The molecule has 2 aliphatic rings. The van der Waals surface area contributed by atoms with Crippen LogP contribution in [0.15, 0.2) is 41.5 Å². The molecule has 0 radical (unpaired) electrons. The normalized spacial score (nSPS) is 17.4. The van der Waals surface area contributed by atoms with Crippen molar-refractivity contribution in [3.05, 3.63) is 69.3 Å². The van der Waals surface area contributed by atoms with Crippen LogP contribution < -0.4 is 9.47 Å². The molecular weight excluding hydrogens is 456 g/mol. The highest BCUT2D eigenvalue weighted by molar-refractivity contribution is 6.04. The van der Waals surface area contributed by atoms with Gasteiger partial charge in [-0.15, -0.1) is 0 Å². The Hall–Kier alpha value is -3.67. The second-order valence-electron chi connectivity index (χ2n) is 10.6. The van der Waals surface area contributed by atoms with E-state index >= 15 is 0 Å². The van der Waals surface area contributed by atoms with Crippen molar-refractivity contribution in [3.63, 3.8) is 0 Å². The number of fused-ring (bicyclic) bond motifs is 2. The molecule has 0 aliphatic carbocycles. The monoisotopic (exact) mass is 490 g/mol. The topological polar surface area (TPSA) is 96.2 Å². The van der Waals surface area contributed by atoms with Crippen LogP contribution in [0.4, 0.5) is 0 Å². The van der Waals surface area contributed by atoms with Crippen molar-refractivity contribution in [3.8, 4) is 28.7 Å². The van der Waals surface area contributed by atoms with Crippen molar-refractivity contribution in [2.75, 3.05) is 0 Å². The van der Waals surface area contributed by atoms with Gasteiger partial charge in [0.25, 0.3) is 0 Å². The van der Waals surface area contributed by atoms with Crippen LogP contribution in [0.1, 0.15) is 86.7 Å². The van der Waals surface area contributed by atoms with Crippen LogP contribution in [0.3, 0.4) is 0 Å². The van der Waals surface area contributed by atoms with Crippen LogP contribution in [-0.2, 0) is 12.8 Å². The van der Waals surface area contributed by atoms with Crippen LogP contribution in [0.25, 0.3) is 6.08 Å². The first-order valence-corrected chi connectivity index (χ1v) is 12.2. The lowest BCUT2D eigenvalue weighted by molar-refractivity contribution is 0.0839. The molecule has 1 unspecified atom stereocenters. The summed E-state index contributed by atoms with van der Waals surface area (Å²) < 4.78 is 12.2. The molecule has 1 atom stereocenters. The van der Waals surface area contributed by atoms with Crippen molar-refractivity contribution < 1.29 is 29.6 Å². The van der Waals surface area contributed by atoms with Gasteiger partial charge in [0.2, 0.25) is 0 Å². The zero-order valence-corrected chi connectivity index (χ0v) is 21.7. The number of rotatable bonds is 5. The Morgan fingerprint density at radius 1 is 1.00 bits per heavy atom. The number of phenolic OH excluding ortho intramolecular Hbond substituents is 3. The average molecular weight is 491 g/mol. The molecular formula is C30H34O6. The molecule has 2 aromatic rings. The van der Waals surface area contributed by atoms with E-state index in [0.717, 1.165) is 16.7 Å². The highest BCUT2D eigenvalue weighted by atomic mass is 16.5. The fourth-order valence-electron chi connectivity index (χ4n) is 4.51. The van der Waals surface area contributed by atoms with Crippen LogP contribution in [0, 0.1) is 0 Å². The molecule has 3 N–H and O–H groups in total. The SMILES string of the molecule is CC(C)=CCc1c(O)c(CC=C(C)C)c2c(c1O)C(=O)CC(c1cc3c(cc1O)OC(C)(C)C=C3)O2. The van der Waals surface area contributed by atoms with E-state index in [0.29, 0.717) is 35.3 Å². The van der Waals surface area contributed by atoms with Gasteiger partial charge in [-0.25, -0.2) is 0 Å². The predicted octanol–water partition coefficient (Wildman–Crippen LogP) is 6.71. The highest BCUT2D eigenvalue weighted by Crippen LogP contribution is 2.50. The van der Waals surface area contributed by atoms with E-state index in [1.807, 2.05) is 65.8 Å². The molecule has 2 aromatic carbocycles. The Bertz CT molecular complexity index is 1320. The standard InChI is InChI=1S/C30H34O6/c1-16(2)7-9-19-27(33)20(10-8-17(3)4)29-26(28(19)34)23(32)15-25(35-29)21-13-18-11-12-30(5,6)36-24(18)14-22(21)31/h7-8,11-14,25,31,33-34H,9-10,15H2,1-6H3. The number of allylic oxidation sites excluding steroid dienone is 4. The van der Waals surface area contributed by atoms with Gasteiger partial charge in [-0.3, -0.25) is 4.79 Å². The maximum Gasteiger partial charge on any atom is 0.174 e. The number of ether oxygens (including phenoxy) is 2. The van der Waals surface area contributed by atoms with Crippen LogP contribution in [0.2, 0.25) is 0 Å². The lowest BCUT2D eigenvalue weighted by Gasteiger charge is -2.31. The van der Waals surface area contributed by atoms with Gasteiger partial charge in [0.1, 0.15) is 46.0 Å². The first-order chi connectivity index (χ1) is 16.9. The summed E-state index contributed by atoms with van der Waals surface area (Å²) in [6, 6.07) is 3.30. The number of carbonyl (C=O) groups is 1. The third-order valence-electron chi connectivity index (χ3n) is 6.48. The van der Waals surface area contributed by atoms with E-state index in [2.05, 4.69) is 0 Å². The molecule has 6 nitrogen and oxygen atoms in total. The summed E-state index contributed by atoms with van der Waals surface area (Å²) in [7, 11) is 0. The lowest BCUT2D eigenvalue weighted by Crippen LogP contribution is -2.27. The van der Waals surface area contributed by atoms with Crippen LogP contribution in [0.5, 0.6) is 28.7 Å². The second-order valence-corrected chi connectivity index (χ2v) is 10.6. The Kier molecular flexibility index (Phi) is 6.65. The molecule has 0 aromatic heterocycles. The second kappa shape index (κ2) is 9.41. The number of hydrogen-bond acceptors (Lipinski definition) is 6. The Morgan fingerprint density at radius 3 is 2.28 bits per heavy atom. The number of hydrogen-bond donors (Lipinski definition) is 3. The van der Waals surface area contributed by atoms with Crippen molar-refractivity contribution in [1.82, 2.24) is 0 Å². The molecule has 4 rings (SSSR count). The largest absolute Gasteiger partial charge is 0.507 e. The predicted molar refractivity (Wildman–Crippen MR) is 140 cm³/mol. The van der Waals surface area contributed by atoms with Gasteiger partial charge in [0.15, 0.2) is 5.78 Å². The first kappa shape index (κ1) is 25.4. The number of ketones is 1. The fraction of sp³-hybridized carbons (Fsp3) is 0.367. The van der Waals surface area contributed by atoms with E-state index in [4.69, 9.17) is 9.47 Å². The zero-order chi connectivity index (χ0) is 26.4. The maximum absolute atomic E-state index is 13.4. The van der Waals surface area contributed by atoms with E-state index in [1.54, 1.807) is 12.1 Å². The molecule has 0 saturated carbocycles. The summed E-state index contributed by atoms with van der Waals surface area (Å²) in [5.41, 5.74) is 3.64. The molecule has 0 spiro atoms. The molecule has 0 bridgehead atoms.